The Bertz CT molecular complexity index is 1390. The molecule has 1 aliphatic heterocycles. The molecular formula is C24H27N3O5S3. The number of nitrogens with one attached hydrogen (secondary N) is 2. The zero-order chi connectivity index (χ0) is 25.2. The number of aryl methyl sites for hydroxylation is 1. The highest BCUT2D eigenvalue weighted by molar-refractivity contribution is 7.92. The minimum Gasteiger partial charge on any atom is -0.304 e. The molecule has 0 radical (unpaired) electrons. The molecule has 0 unspecified atom stereocenters. The molecule has 2 aromatic carbocycles. The molecule has 2 N–H and O–H groups in total. The summed E-state index contributed by atoms with van der Waals surface area (Å²) in [5.41, 5.74) is 3.21. The predicted molar refractivity (Wildman–Crippen MR) is 139 cm³/mol. The number of rotatable bonds is 10. The van der Waals surface area contributed by atoms with Crippen LogP contribution in [0, 0.1) is 12.8 Å². The first-order chi connectivity index (χ1) is 16.5. The number of sulfonamides is 2. The maximum Gasteiger partial charge on any atom is 0.250 e. The van der Waals surface area contributed by atoms with E-state index in [1.54, 1.807) is 34.5 Å². The normalized spacial score (nSPS) is 18.3. The number of nitrogens with zero attached hydrogens (tertiary/aromatic N) is 1. The molecule has 11 heteroatoms. The second-order valence-corrected chi connectivity index (χ2v) is 13.3. The summed E-state index contributed by atoms with van der Waals surface area (Å²) in [6.07, 6.45) is 2.11. The summed E-state index contributed by atoms with van der Waals surface area (Å²) in [7, 11) is -6.94. The highest BCUT2D eigenvalue weighted by Gasteiger charge is 2.48. The standard InChI is InChI=1S/C24H27N3O5S3/c1-17-7-13-20(14-8-17)27-23(18-9-11-19(12-10-18)26-34(2,29)30)21(24(27)28)5-3-15-25-35(31,32)22-6-4-16-33-22/h4,6-14,16,21,23,25-26H,3,5,15H2,1-2H3/t21-,23-/m1/s1. The summed E-state index contributed by atoms with van der Waals surface area (Å²) in [6.45, 7) is 2.21. The van der Waals surface area contributed by atoms with E-state index in [-0.39, 0.29) is 28.6 Å². The van der Waals surface area contributed by atoms with Gasteiger partial charge in [-0.3, -0.25) is 9.52 Å². The molecule has 186 valence electrons. The topological polar surface area (TPSA) is 113 Å². The Labute approximate surface area is 210 Å². The zero-order valence-corrected chi connectivity index (χ0v) is 21.8. The van der Waals surface area contributed by atoms with Crippen LogP contribution in [0.15, 0.2) is 70.3 Å². The number of anilines is 2. The van der Waals surface area contributed by atoms with Crippen LogP contribution in [0.1, 0.15) is 30.0 Å². The van der Waals surface area contributed by atoms with Gasteiger partial charge >= 0.3 is 0 Å². The van der Waals surface area contributed by atoms with Crippen molar-refractivity contribution in [3.8, 4) is 0 Å². The summed E-state index contributed by atoms with van der Waals surface area (Å²) in [6, 6.07) is 17.7. The zero-order valence-electron chi connectivity index (χ0n) is 19.3. The summed E-state index contributed by atoms with van der Waals surface area (Å²) >= 11 is 1.16. The van der Waals surface area contributed by atoms with Gasteiger partial charge in [0.1, 0.15) is 4.21 Å². The largest absolute Gasteiger partial charge is 0.304 e. The molecule has 1 amide bonds. The van der Waals surface area contributed by atoms with Gasteiger partial charge in [0.2, 0.25) is 26.0 Å². The van der Waals surface area contributed by atoms with Gasteiger partial charge < -0.3 is 4.90 Å². The Kier molecular flexibility index (Phi) is 7.32. The van der Waals surface area contributed by atoms with E-state index in [1.165, 1.54) is 0 Å². The fraction of sp³-hybridized carbons (Fsp3) is 0.292. The minimum atomic E-state index is -3.54. The Morgan fingerprint density at radius 1 is 0.971 bits per heavy atom. The fourth-order valence-corrected chi connectivity index (χ4v) is 6.86. The summed E-state index contributed by atoms with van der Waals surface area (Å²) in [5.74, 6) is -0.324. The molecular weight excluding hydrogens is 506 g/mol. The maximum atomic E-state index is 13.2. The minimum absolute atomic E-state index is 0.0155. The lowest BCUT2D eigenvalue weighted by atomic mass is 9.79. The third kappa shape index (κ3) is 5.92. The molecule has 35 heavy (non-hydrogen) atoms. The molecule has 2 atom stereocenters. The van der Waals surface area contributed by atoms with Gasteiger partial charge in [-0.1, -0.05) is 35.9 Å². The van der Waals surface area contributed by atoms with Crippen LogP contribution in [-0.2, 0) is 24.8 Å². The molecule has 0 aliphatic carbocycles. The molecule has 0 bridgehead atoms. The molecule has 8 nitrogen and oxygen atoms in total. The van der Waals surface area contributed by atoms with Gasteiger partial charge in [-0.15, -0.1) is 11.3 Å². The van der Waals surface area contributed by atoms with E-state index in [0.717, 1.165) is 34.4 Å². The van der Waals surface area contributed by atoms with Crippen LogP contribution < -0.4 is 14.3 Å². The predicted octanol–water partition coefficient (Wildman–Crippen LogP) is 3.89. The van der Waals surface area contributed by atoms with E-state index in [9.17, 15) is 21.6 Å². The van der Waals surface area contributed by atoms with Gasteiger partial charge in [0, 0.05) is 17.9 Å². The SMILES string of the molecule is Cc1ccc(N2C(=O)[C@H](CCCNS(=O)(=O)c3cccs3)[C@H]2c2ccc(NS(C)(=O)=O)cc2)cc1. The molecule has 2 heterocycles. The van der Waals surface area contributed by atoms with Crippen molar-refractivity contribution in [2.24, 2.45) is 5.92 Å². The van der Waals surface area contributed by atoms with Crippen molar-refractivity contribution < 1.29 is 21.6 Å². The Morgan fingerprint density at radius 3 is 2.26 bits per heavy atom. The van der Waals surface area contributed by atoms with E-state index in [2.05, 4.69) is 9.44 Å². The van der Waals surface area contributed by atoms with Crippen molar-refractivity contribution in [3.63, 3.8) is 0 Å². The molecule has 3 aromatic rings. The summed E-state index contributed by atoms with van der Waals surface area (Å²) in [5, 5.41) is 1.71. The molecule has 1 aromatic heterocycles. The third-order valence-electron chi connectivity index (χ3n) is 5.83. The average molecular weight is 534 g/mol. The van der Waals surface area contributed by atoms with Gasteiger partial charge in [-0.2, -0.15) is 0 Å². The van der Waals surface area contributed by atoms with E-state index >= 15 is 0 Å². The van der Waals surface area contributed by atoms with E-state index in [4.69, 9.17) is 0 Å². The number of hydrogen-bond donors (Lipinski definition) is 2. The van der Waals surface area contributed by atoms with Crippen LogP contribution in [0.4, 0.5) is 11.4 Å². The Hall–Kier alpha value is -2.73. The van der Waals surface area contributed by atoms with Gasteiger partial charge in [-0.05, 0) is 61.0 Å². The van der Waals surface area contributed by atoms with E-state index < -0.39 is 20.0 Å². The lowest BCUT2D eigenvalue weighted by molar-refractivity contribution is -0.130. The molecule has 0 saturated carbocycles. The number of amides is 1. The quantitative estimate of drug-likeness (QED) is 0.303. The van der Waals surface area contributed by atoms with Crippen molar-refractivity contribution in [3.05, 3.63) is 77.2 Å². The first-order valence-electron chi connectivity index (χ1n) is 11.1. The average Bonchev–Trinajstić information content (AvgIpc) is 3.34. The number of benzene rings is 2. The molecule has 1 saturated heterocycles. The van der Waals surface area contributed by atoms with E-state index in [1.807, 2.05) is 43.3 Å². The number of β-lactam (4-membered cyclic amide) rings is 1. The first-order valence-corrected chi connectivity index (χ1v) is 15.3. The monoisotopic (exact) mass is 533 g/mol. The molecule has 1 aliphatic rings. The number of hydrogen-bond acceptors (Lipinski definition) is 6. The van der Waals surface area contributed by atoms with Crippen LogP contribution in [-0.4, -0.2) is 35.5 Å². The maximum absolute atomic E-state index is 13.2. The van der Waals surface area contributed by atoms with Gasteiger partial charge in [0.05, 0.1) is 18.2 Å². The van der Waals surface area contributed by atoms with Gasteiger partial charge in [-0.25, -0.2) is 21.6 Å². The van der Waals surface area contributed by atoms with Crippen LogP contribution in [0.5, 0.6) is 0 Å². The van der Waals surface area contributed by atoms with Crippen molar-refractivity contribution in [1.29, 1.82) is 0 Å². The van der Waals surface area contributed by atoms with Crippen molar-refractivity contribution in [2.45, 2.75) is 30.0 Å². The number of thiophene rings is 1. The van der Waals surface area contributed by atoms with Crippen LogP contribution >= 0.6 is 11.3 Å². The lowest BCUT2D eigenvalue weighted by Crippen LogP contribution is -2.55. The van der Waals surface area contributed by atoms with Crippen LogP contribution in [0.2, 0.25) is 0 Å². The lowest BCUT2D eigenvalue weighted by Gasteiger charge is -2.47. The van der Waals surface area contributed by atoms with Crippen LogP contribution in [0.25, 0.3) is 0 Å². The second kappa shape index (κ2) is 10.1. The summed E-state index contributed by atoms with van der Waals surface area (Å²) in [4.78, 5) is 14.9. The van der Waals surface area contributed by atoms with Crippen molar-refractivity contribution in [2.75, 3.05) is 22.4 Å². The molecule has 1 fully saturated rings. The Morgan fingerprint density at radius 2 is 1.66 bits per heavy atom. The Balaban J connectivity index is 1.49. The molecule has 4 rings (SSSR count). The first kappa shape index (κ1) is 25.4. The highest BCUT2D eigenvalue weighted by atomic mass is 32.2. The molecule has 0 spiro atoms. The van der Waals surface area contributed by atoms with Gasteiger partial charge in [0.15, 0.2) is 0 Å². The highest BCUT2D eigenvalue weighted by Crippen LogP contribution is 2.45. The number of carbonyl (C=O) groups is 1. The van der Waals surface area contributed by atoms with Gasteiger partial charge in [0.25, 0.3) is 0 Å². The smallest absolute Gasteiger partial charge is 0.250 e. The number of carbonyl (C=O) groups excluding carboxylic acids is 1. The fourth-order valence-electron chi connectivity index (χ4n) is 4.18. The third-order valence-corrected chi connectivity index (χ3v) is 9.29. The summed E-state index contributed by atoms with van der Waals surface area (Å²) < 4.78 is 53.1. The van der Waals surface area contributed by atoms with E-state index in [0.29, 0.717) is 18.5 Å². The van der Waals surface area contributed by atoms with Crippen molar-refractivity contribution >= 4 is 48.7 Å². The second-order valence-electron chi connectivity index (χ2n) is 8.56. The van der Waals surface area contributed by atoms with Crippen LogP contribution in [0.3, 0.4) is 0 Å². The van der Waals surface area contributed by atoms with Crippen molar-refractivity contribution in [1.82, 2.24) is 4.72 Å².